The first-order chi connectivity index (χ1) is 9.44. The summed E-state index contributed by atoms with van der Waals surface area (Å²) in [6, 6.07) is 9.79. The van der Waals surface area contributed by atoms with Crippen molar-refractivity contribution < 1.29 is 8.42 Å². The molecule has 1 unspecified atom stereocenters. The summed E-state index contributed by atoms with van der Waals surface area (Å²) in [6.07, 6.45) is 1.80. The molecule has 5 nitrogen and oxygen atoms in total. The first kappa shape index (κ1) is 14.9. The number of sulfone groups is 1. The van der Waals surface area contributed by atoms with Crippen LogP contribution in [0.3, 0.4) is 0 Å². The maximum atomic E-state index is 11.1. The highest BCUT2D eigenvalue weighted by Crippen LogP contribution is 2.21. The summed E-state index contributed by atoms with van der Waals surface area (Å²) >= 11 is 1.28. The molecule has 1 atom stereocenters. The summed E-state index contributed by atoms with van der Waals surface area (Å²) in [5.74, 6) is 0.860. The maximum Gasteiger partial charge on any atom is 0.203 e. The smallest absolute Gasteiger partial charge is 0.203 e. The van der Waals surface area contributed by atoms with E-state index in [1.807, 2.05) is 37.3 Å². The van der Waals surface area contributed by atoms with Crippen molar-refractivity contribution in [3.8, 4) is 11.4 Å². The Hall–Kier alpha value is -1.47. The zero-order valence-electron chi connectivity index (χ0n) is 11.4. The zero-order valence-corrected chi connectivity index (χ0v) is 13.0. The quantitative estimate of drug-likeness (QED) is 0.887. The van der Waals surface area contributed by atoms with E-state index in [0.29, 0.717) is 17.4 Å². The number of nitrogens with one attached hydrogen (secondary N) is 1. The van der Waals surface area contributed by atoms with Crippen molar-refractivity contribution in [2.24, 2.45) is 0 Å². The van der Waals surface area contributed by atoms with Crippen molar-refractivity contribution >= 4 is 26.5 Å². The van der Waals surface area contributed by atoms with Crippen LogP contribution in [0.4, 0.5) is 5.13 Å². The number of hydrogen-bond donors (Lipinski definition) is 1. The van der Waals surface area contributed by atoms with Gasteiger partial charge in [-0.1, -0.05) is 30.3 Å². The molecule has 1 heterocycles. The predicted octanol–water partition coefficient (Wildman–Crippen LogP) is 2.44. The van der Waals surface area contributed by atoms with Crippen molar-refractivity contribution in [3.63, 3.8) is 0 Å². The Bertz CT molecular complexity index is 653. The minimum atomic E-state index is -2.92. The van der Waals surface area contributed by atoms with Crippen LogP contribution < -0.4 is 5.32 Å². The van der Waals surface area contributed by atoms with Crippen LogP contribution >= 0.6 is 11.5 Å². The standard InChI is InChI=1S/C13H17N3O2S2/c1-10(8-9-20(2,17)18)14-13-15-12(16-19-13)11-6-4-3-5-7-11/h3-7,10H,8-9H2,1-2H3,(H,14,15,16). The largest absolute Gasteiger partial charge is 0.358 e. The van der Waals surface area contributed by atoms with E-state index >= 15 is 0 Å². The molecule has 2 aromatic rings. The lowest BCUT2D eigenvalue weighted by atomic mass is 10.2. The van der Waals surface area contributed by atoms with E-state index in [4.69, 9.17) is 0 Å². The van der Waals surface area contributed by atoms with E-state index < -0.39 is 9.84 Å². The summed E-state index contributed by atoms with van der Waals surface area (Å²) in [6.45, 7) is 1.94. The second kappa shape index (κ2) is 6.32. The maximum absolute atomic E-state index is 11.1. The minimum Gasteiger partial charge on any atom is -0.358 e. The summed E-state index contributed by atoms with van der Waals surface area (Å²) in [5.41, 5.74) is 0.973. The van der Waals surface area contributed by atoms with Crippen molar-refractivity contribution in [1.82, 2.24) is 9.36 Å². The molecular formula is C13H17N3O2S2. The molecule has 0 saturated carbocycles. The summed E-state index contributed by atoms with van der Waals surface area (Å²) in [5, 5.41) is 3.90. The molecular weight excluding hydrogens is 294 g/mol. The lowest BCUT2D eigenvalue weighted by Gasteiger charge is -2.11. The minimum absolute atomic E-state index is 0.0429. The van der Waals surface area contributed by atoms with Crippen LogP contribution in [0.2, 0.25) is 0 Å². The molecule has 20 heavy (non-hydrogen) atoms. The number of aromatic nitrogens is 2. The third-order valence-corrected chi connectivity index (χ3v) is 4.37. The molecule has 0 aliphatic heterocycles. The molecule has 0 saturated heterocycles. The van der Waals surface area contributed by atoms with Crippen LogP contribution in [0.25, 0.3) is 11.4 Å². The Morgan fingerprint density at radius 2 is 2.00 bits per heavy atom. The Kier molecular flexibility index (Phi) is 4.72. The molecule has 1 N–H and O–H groups in total. The molecule has 0 aliphatic rings. The molecule has 0 fully saturated rings. The van der Waals surface area contributed by atoms with Gasteiger partial charge in [0.05, 0.1) is 5.75 Å². The summed E-state index contributed by atoms with van der Waals surface area (Å²) in [4.78, 5) is 4.41. The molecule has 7 heteroatoms. The zero-order chi connectivity index (χ0) is 14.6. The van der Waals surface area contributed by atoms with Gasteiger partial charge in [-0.25, -0.2) is 8.42 Å². The molecule has 0 spiro atoms. The van der Waals surface area contributed by atoms with E-state index in [0.717, 1.165) is 5.56 Å². The average Bonchev–Trinajstić information content (AvgIpc) is 2.85. The van der Waals surface area contributed by atoms with Crippen LogP contribution in [0.5, 0.6) is 0 Å². The molecule has 0 amide bonds. The first-order valence-electron chi connectivity index (χ1n) is 6.27. The third kappa shape index (κ3) is 4.57. The molecule has 1 aromatic carbocycles. The number of benzene rings is 1. The van der Waals surface area contributed by atoms with Crippen LogP contribution in [-0.4, -0.2) is 35.8 Å². The SMILES string of the molecule is CC(CCS(C)(=O)=O)Nc1nc(-c2ccccc2)ns1. The van der Waals surface area contributed by atoms with Crippen LogP contribution in [0.1, 0.15) is 13.3 Å². The molecule has 2 rings (SSSR count). The van der Waals surface area contributed by atoms with Gasteiger partial charge in [0.25, 0.3) is 0 Å². The van der Waals surface area contributed by atoms with Gasteiger partial charge in [0.15, 0.2) is 5.82 Å². The summed E-state index contributed by atoms with van der Waals surface area (Å²) < 4.78 is 26.5. The second-order valence-electron chi connectivity index (χ2n) is 4.75. The Morgan fingerprint density at radius 3 is 2.65 bits per heavy atom. The van der Waals surface area contributed by atoms with Crippen LogP contribution in [-0.2, 0) is 9.84 Å². The Balaban J connectivity index is 1.96. The lowest BCUT2D eigenvalue weighted by Crippen LogP contribution is -2.19. The summed E-state index contributed by atoms with van der Waals surface area (Å²) in [7, 11) is -2.92. The normalized spacial score (nSPS) is 13.1. The molecule has 0 radical (unpaired) electrons. The van der Waals surface area contributed by atoms with Crippen molar-refractivity contribution in [3.05, 3.63) is 30.3 Å². The van der Waals surface area contributed by atoms with Gasteiger partial charge in [-0.3, -0.25) is 0 Å². The fraction of sp³-hybridized carbons (Fsp3) is 0.385. The number of rotatable bonds is 6. The van der Waals surface area contributed by atoms with Crippen molar-refractivity contribution in [2.75, 3.05) is 17.3 Å². The predicted molar refractivity (Wildman–Crippen MR) is 82.8 cm³/mol. The van der Waals surface area contributed by atoms with Gasteiger partial charge >= 0.3 is 0 Å². The third-order valence-electron chi connectivity index (χ3n) is 2.75. The average molecular weight is 311 g/mol. The first-order valence-corrected chi connectivity index (χ1v) is 9.11. The van der Waals surface area contributed by atoms with Gasteiger partial charge in [-0.2, -0.15) is 9.36 Å². The number of hydrogen-bond acceptors (Lipinski definition) is 6. The van der Waals surface area contributed by atoms with Crippen LogP contribution in [0.15, 0.2) is 30.3 Å². The molecule has 0 aliphatic carbocycles. The van der Waals surface area contributed by atoms with E-state index in [-0.39, 0.29) is 11.8 Å². The Labute approximate surface area is 123 Å². The topological polar surface area (TPSA) is 72.0 Å². The fourth-order valence-electron chi connectivity index (χ4n) is 1.66. The van der Waals surface area contributed by atoms with Gasteiger partial charge < -0.3 is 5.32 Å². The van der Waals surface area contributed by atoms with E-state index in [1.165, 1.54) is 17.8 Å². The monoisotopic (exact) mass is 311 g/mol. The van der Waals surface area contributed by atoms with Gasteiger partial charge in [0, 0.05) is 29.4 Å². The van der Waals surface area contributed by atoms with E-state index in [1.54, 1.807) is 0 Å². The van der Waals surface area contributed by atoms with Crippen LogP contribution in [0, 0.1) is 0 Å². The van der Waals surface area contributed by atoms with Gasteiger partial charge in [-0.15, -0.1) is 0 Å². The van der Waals surface area contributed by atoms with Crippen molar-refractivity contribution in [1.29, 1.82) is 0 Å². The highest BCUT2D eigenvalue weighted by atomic mass is 32.2. The molecule has 108 valence electrons. The Morgan fingerprint density at radius 1 is 1.30 bits per heavy atom. The fourth-order valence-corrected chi connectivity index (χ4v) is 3.14. The molecule has 1 aromatic heterocycles. The number of nitrogens with zero attached hydrogens (tertiary/aromatic N) is 2. The van der Waals surface area contributed by atoms with E-state index in [2.05, 4.69) is 14.7 Å². The van der Waals surface area contributed by atoms with Gasteiger partial charge in [-0.05, 0) is 13.3 Å². The van der Waals surface area contributed by atoms with Gasteiger partial charge in [0.2, 0.25) is 5.13 Å². The van der Waals surface area contributed by atoms with Crippen molar-refractivity contribution in [2.45, 2.75) is 19.4 Å². The van der Waals surface area contributed by atoms with E-state index in [9.17, 15) is 8.42 Å². The highest BCUT2D eigenvalue weighted by molar-refractivity contribution is 7.90. The molecule has 0 bridgehead atoms. The number of anilines is 1. The van der Waals surface area contributed by atoms with Gasteiger partial charge in [0.1, 0.15) is 9.84 Å². The lowest BCUT2D eigenvalue weighted by molar-refractivity contribution is 0.595. The second-order valence-corrected chi connectivity index (χ2v) is 7.76. The highest BCUT2D eigenvalue weighted by Gasteiger charge is 2.11.